The molecule has 0 unspecified atom stereocenters. The fourth-order valence-corrected chi connectivity index (χ4v) is 5.09. The third kappa shape index (κ3) is 8.34. The monoisotopic (exact) mass is 542 g/mol. The molecule has 2 bridgehead atoms. The van der Waals surface area contributed by atoms with Gasteiger partial charge in [-0.3, -0.25) is 14.4 Å². The largest absolute Gasteiger partial charge is 0.441 e. The summed E-state index contributed by atoms with van der Waals surface area (Å²) in [7, 11) is 1.52. The summed E-state index contributed by atoms with van der Waals surface area (Å²) in [4.78, 5) is 50.7. The third-order valence-corrected chi connectivity index (χ3v) is 7.28. The lowest BCUT2D eigenvalue weighted by Crippen LogP contribution is -2.36. The van der Waals surface area contributed by atoms with Crippen LogP contribution in [0, 0.1) is 17.8 Å². The van der Waals surface area contributed by atoms with E-state index < -0.39 is 30.3 Å². The first-order valence-electron chi connectivity index (χ1n) is 13.3. The molecule has 0 spiro atoms. The average molecular weight is 543 g/mol. The Balaban J connectivity index is 2.57. The zero-order valence-corrected chi connectivity index (χ0v) is 23.9. The van der Waals surface area contributed by atoms with Gasteiger partial charge in [-0.2, -0.15) is 0 Å². The molecule has 1 aliphatic carbocycles. The van der Waals surface area contributed by atoms with Crippen molar-refractivity contribution in [1.29, 1.82) is 0 Å². The summed E-state index contributed by atoms with van der Waals surface area (Å²) in [5.74, 6) is -1.98. The van der Waals surface area contributed by atoms with Gasteiger partial charge in [-0.25, -0.2) is 4.79 Å². The molecule has 0 fully saturated rings. The summed E-state index contributed by atoms with van der Waals surface area (Å²) in [6.07, 6.45) is 6.05. The molecule has 2 rings (SSSR count). The van der Waals surface area contributed by atoms with E-state index in [1.54, 1.807) is 32.1 Å². The smallest absolute Gasteiger partial charge is 0.405 e. The van der Waals surface area contributed by atoms with Gasteiger partial charge in [-0.1, -0.05) is 52.0 Å². The van der Waals surface area contributed by atoms with Gasteiger partial charge in [-0.05, 0) is 44.6 Å². The lowest BCUT2D eigenvalue weighted by atomic mass is 9.83. The average Bonchev–Trinajstić information content (AvgIpc) is 2.87. The Morgan fingerprint density at radius 3 is 2.41 bits per heavy atom. The predicted octanol–water partition coefficient (Wildman–Crippen LogP) is 3.84. The molecule has 6 atom stereocenters. The number of methoxy groups -OCH3 is 1. The number of ether oxygens (including phenoxy) is 2. The van der Waals surface area contributed by atoms with Crippen molar-refractivity contribution in [2.75, 3.05) is 7.11 Å². The van der Waals surface area contributed by atoms with Crippen molar-refractivity contribution >= 4 is 23.6 Å². The first kappa shape index (κ1) is 31.9. The van der Waals surface area contributed by atoms with E-state index in [1.165, 1.54) is 13.2 Å². The van der Waals surface area contributed by atoms with Crippen LogP contribution in [0.2, 0.25) is 0 Å². The molecule has 214 valence electrons. The number of aliphatic hydroxyl groups excluding tert-OH is 1. The van der Waals surface area contributed by atoms with Gasteiger partial charge in [-0.15, -0.1) is 0 Å². The molecule has 9 heteroatoms. The number of amides is 2. The summed E-state index contributed by atoms with van der Waals surface area (Å²) in [6.45, 7) is 10.8. The number of hydrogen-bond acceptors (Lipinski definition) is 7. The first-order valence-corrected chi connectivity index (χ1v) is 13.3. The third-order valence-electron chi connectivity index (χ3n) is 7.28. The fraction of sp³-hybridized carbons (Fsp3) is 0.533. The number of nitrogens with two attached hydrogens (primary N) is 1. The van der Waals surface area contributed by atoms with E-state index in [4.69, 9.17) is 15.2 Å². The van der Waals surface area contributed by atoms with Gasteiger partial charge in [0.25, 0.3) is 5.91 Å². The molecule has 0 aromatic rings. The molecule has 1 heterocycles. The van der Waals surface area contributed by atoms with Crippen LogP contribution < -0.4 is 11.1 Å². The minimum Gasteiger partial charge on any atom is -0.441 e. The highest BCUT2D eigenvalue weighted by atomic mass is 16.6. The molecule has 2 amide bonds. The highest BCUT2D eigenvalue weighted by molar-refractivity contribution is 6.23. The van der Waals surface area contributed by atoms with Gasteiger partial charge < -0.3 is 25.6 Å². The van der Waals surface area contributed by atoms with Crippen molar-refractivity contribution in [3.05, 3.63) is 58.4 Å². The second-order valence-electron chi connectivity index (χ2n) is 10.5. The molecule has 0 aromatic carbocycles. The van der Waals surface area contributed by atoms with Crippen molar-refractivity contribution in [2.45, 2.75) is 79.1 Å². The minimum atomic E-state index is -0.923. The number of ketones is 2. The van der Waals surface area contributed by atoms with Crippen LogP contribution in [0.3, 0.4) is 0 Å². The molecule has 2 aliphatic rings. The van der Waals surface area contributed by atoms with Crippen LogP contribution in [0.1, 0.15) is 60.8 Å². The van der Waals surface area contributed by atoms with Gasteiger partial charge in [0.15, 0.2) is 5.78 Å². The van der Waals surface area contributed by atoms with Crippen LogP contribution in [-0.4, -0.2) is 54.1 Å². The molecular formula is C30H42N2O7. The highest BCUT2D eigenvalue weighted by Gasteiger charge is 2.32. The van der Waals surface area contributed by atoms with E-state index in [2.05, 4.69) is 5.32 Å². The van der Waals surface area contributed by atoms with Crippen LogP contribution in [0.25, 0.3) is 0 Å². The Bertz CT molecular complexity index is 1130. The number of hydrogen-bond donors (Lipinski definition) is 3. The minimum absolute atomic E-state index is 0.0564. The molecule has 0 radical (unpaired) electrons. The quantitative estimate of drug-likeness (QED) is 0.363. The Morgan fingerprint density at radius 2 is 1.82 bits per heavy atom. The van der Waals surface area contributed by atoms with Crippen LogP contribution in [0.15, 0.2) is 58.4 Å². The second kappa shape index (κ2) is 14.2. The molecule has 4 N–H and O–H groups in total. The fourth-order valence-electron chi connectivity index (χ4n) is 5.09. The number of fused-ring (bicyclic) bond motifs is 2. The maximum absolute atomic E-state index is 13.4. The summed E-state index contributed by atoms with van der Waals surface area (Å²) in [5, 5.41) is 13.7. The Kier molecular flexibility index (Phi) is 11.6. The van der Waals surface area contributed by atoms with Gasteiger partial charge >= 0.3 is 6.09 Å². The number of nitrogens with one attached hydrogen (secondary N) is 1. The van der Waals surface area contributed by atoms with E-state index in [-0.39, 0.29) is 35.0 Å². The number of carbonyl (C=O) groups is 4. The van der Waals surface area contributed by atoms with Gasteiger partial charge in [0.1, 0.15) is 6.10 Å². The maximum atomic E-state index is 13.4. The zero-order valence-electron chi connectivity index (χ0n) is 23.9. The maximum Gasteiger partial charge on any atom is 0.405 e. The van der Waals surface area contributed by atoms with Crippen LogP contribution >= 0.6 is 0 Å². The normalized spacial score (nSPS) is 33.3. The Labute approximate surface area is 230 Å². The molecule has 0 aromatic heterocycles. The van der Waals surface area contributed by atoms with Gasteiger partial charge in [0, 0.05) is 41.7 Å². The van der Waals surface area contributed by atoms with Crippen LogP contribution in [-0.2, 0) is 23.9 Å². The Hall–Kier alpha value is -3.30. The molecular weight excluding hydrogens is 500 g/mol. The Morgan fingerprint density at radius 1 is 1.15 bits per heavy atom. The second-order valence-corrected chi connectivity index (χ2v) is 10.5. The summed E-state index contributed by atoms with van der Waals surface area (Å²) in [5.41, 5.74) is 7.11. The number of allylic oxidation sites excluding steroid dienone is 5. The van der Waals surface area contributed by atoms with Gasteiger partial charge in [0.2, 0.25) is 5.78 Å². The van der Waals surface area contributed by atoms with Crippen molar-refractivity contribution < 1.29 is 33.8 Å². The lowest BCUT2D eigenvalue weighted by Gasteiger charge is -2.29. The lowest BCUT2D eigenvalue weighted by molar-refractivity contribution is -0.120. The number of Topliss-reactive ketones (excluding diaryl/α,β-unsaturated/α-hetero) is 1. The predicted molar refractivity (Wildman–Crippen MR) is 148 cm³/mol. The highest BCUT2D eigenvalue weighted by Crippen LogP contribution is 2.30. The van der Waals surface area contributed by atoms with E-state index in [0.29, 0.717) is 41.6 Å². The summed E-state index contributed by atoms with van der Waals surface area (Å²) in [6, 6.07) is 0. The van der Waals surface area contributed by atoms with E-state index in [9.17, 15) is 24.3 Å². The van der Waals surface area contributed by atoms with E-state index >= 15 is 0 Å². The molecule has 0 saturated carbocycles. The van der Waals surface area contributed by atoms with Crippen molar-refractivity contribution in [3.8, 4) is 0 Å². The standard InChI is InChI=1S/C30H42N2O7/c1-8-21-22-12-16(2)13-25(38-7)26(34)19(5)14-20(6)28(39-30(31)37)17(3)10-9-11-18(4)29(36)32-23(27(22)35)15-24(21)33/h9-11,14-17,19,25-26,28,34H,8,12-13H2,1-7H3,(H2,31,37)(H,32,36)/b10-9-,18-11+,20-14+/t16-,17+,19+,25+,26-,28-/m1/s1. The number of carbonyl (C=O) groups excluding carboxylic acids is 4. The number of primary amides is 1. The molecule has 9 nitrogen and oxygen atoms in total. The van der Waals surface area contributed by atoms with Crippen molar-refractivity contribution in [1.82, 2.24) is 5.32 Å². The van der Waals surface area contributed by atoms with Gasteiger partial charge in [0.05, 0.1) is 17.9 Å². The first-order chi connectivity index (χ1) is 18.3. The molecule has 39 heavy (non-hydrogen) atoms. The van der Waals surface area contributed by atoms with Crippen LogP contribution in [0.5, 0.6) is 0 Å². The van der Waals surface area contributed by atoms with E-state index in [1.807, 2.05) is 33.8 Å². The molecule has 0 saturated heterocycles. The number of rotatable bonds is 3. The molecule has 1 aliphatic heterocycles. The summed E-state index contributed by atoms with van der Waals surface area (Å²) >= 11 is 0. The van der Waals surface area contributed by atoms with Crippen molar-refractivity contribution in [3.63, 3.8) is 0 Å². The zero-order chi connectivity index (χ0) is 29.4. The van der Waals surface area contributed by atoms with Crippen molar-refractivity contribution in [2.24, 2.45) is 23.5 Å². The topological polar surface area (TPSA) is 145 Å². The van der Waals surface area contributed by atoms with Crippen LogP contribution in [0.4, 0.5) is 4.79 Å². The SMILES string of the molecule is CCC1=C2C[C@@H](C)C[C@H](OC)[C@H](O)[C@@H](C)/C=C(\C)[C@H](OC(N)=O)[C@@H](C)/C=C\C=C(/C)C(=O)NC(=CC1=O)C2=O. The number of aliphatic hydroxyl groups is 1. The summed E-state index contributed by atoms with van der Waals surface area (Å²) < 4.78 is 11.0. The van der Waals surface area contributed by atoms with E-state index in [0.717, 1.165) is 0 Å².